The summed E-state index contributed by atoms with van der Waals surface area (Å²) in [5.74, 6) is 0.206. The summed E-state index contributed by atoms with van der Waals surface area (Å²) < 4.78 is 1.48. The molecule has 4 rings (SSSR count). The molecule has 26 heavy (non-hydrogen) atoms. The Bertz CT molecular complexity index is 1050. The number of fused-ring (bicyclic) bond motifs is 1. The fourth-order valence-corrected chi connectivity index (χ4v) is 3.20. The number of carbonyl (C=O) groups excluding carboxylic acids is 1. The lowest BCUT2D eigenvalue weighted by molar-refractivity contribution is 0.0731. The van der Waals surface area contributed by atoms with Crippen LogP contribution in [0.25, 0.3) is 5.95 Å². The van der Waals surface area contributed by atoms with Crippen molar-refractivity contribution >= 4 is 5.91 Å². The monoisotopic (exact) mass is 350 g/mol. The number of nitrogens with one attached hydrogen (secondary N) is 1. The summed E-state index contributed by atoms with van der Waals surface area (Å²) in [5, 5.41) is 4.25. The van der Waals surface area contributed by atoms with Gasteiger partial charge in [-0.3, -0.25) is 19.6 Å². The number of H-pyrrole nitrogens is 1. The van der Waals surface area contributed by atoms with E-state index in [-0.39, 0.29) is 11.5 Å². The topological polar surface area (TPSA) is 96.8 Å². The van der Waals surface area contributed by atoms with Crippen LogP contribution in [0.3, 0.4) is 0 Å². The van der Waals surface area contributed by atoms with E-state index in [0.717, 1.165) is 12.1 Å². The lowest BCUT2D eigenvalue weighted by Gasteiger charge is -2.27. The molecule has 0 fully saturated rings. The average molecular weight is 350 g/mol. The lowest BCUT2D eigenvalue weighted by atomic mass is 10.0. The Morgan fingerprint density at radius 2 is 2.15 bits per heavy atom. The maximum atomic E-state index is 13.0. The van der Waals surface area contributed by atoms with Crippen molar-refractivity contribution < 1.29 is 4.79 Å². The van der Waals surface area contributed by atoms with Crippen molar-refractivity contribution in [2.24, 2.45) is 0 Å². The Morgan fingerprint density at radius 3 is 2.96 bits per heavy atom. The minimum atomic E-state index is -0.256. The van der Waals surface area contributed by atoms with E-state index < -0.39 is 0 Å². The molecule has 0 radical (unpaired) electrons. The molecule has 1 amide bonds. The van der Waals surface area contributed by atoms with Crippen LogP contribution in [0.4, 0.5) is 0 Å². The number of hydrogen-bond acceptors (Lipinski definition) is 5. The quantitative estimate of drug-likeness (QED) is 0.748. The highest BCUT2D eigenvalue weighted by atomic mass is 16.2. The van der Waals surface area contributed by atoms with Crippen molar-refractivity contribution in [1.29, 1.82) is 0 Å². The van der Waals surface area contributed by atoms with Gasteiger partial charge in [0, 0.05) is 24.5 Å². The summed E-state index contributed by atoms with van der Waals surface area (Å²) in [4.78, 5) is 37.7. The summed E-state index contributed by atoms with van der Waals surface area (Å²) in [6.07, 6.45) is 4.05. The van der Waals surface area contributed by atoms with Crippen LogP contribution in [0.2, 0.25) is 0 Å². The van der Waals surface area contributed by atoms with Crippen LogP contribution >= 0.6 is 0 Å². The van der Waals surface area contributed by atoms with Gasteiger partial charge in [-0.15, -0.1) is 0 Å². The van der Waals surface area contributed by atoms with Crippen LogP contribution in [0.5, 0.6) is 0 Å². The molecule has 0 atom stereocenters. The molecule has 1 aliphatic rings. The van der Waals surface area contributed by atoms with E-state index in [1.54, 1.807) is 24.9 Å². The minimum absolute atomic E-state index is 0.0972. The third kappa shape index (κ3) is 2.79. The second kappa shape index (κ2) is 6.21. The molecule has 0 aliphatic carbocycles. The number of amides is 1. The molecule has 0 aromatic carbocycles. The van der Waals surface area contributed by atoms with Gasteiger partial charge in [0.15, 0.2) is 0 Å². The summed E-state index contributed by atoms with van der Waals surface area (Å²) in [7, 11) is 0. The zero-order valence-electron chi connectivity index (χ0n) is 14.6. The molecular formula is C18H18N6O2. The van der Waals surface area contributed by atoms with Crippen LogP contribution in [-0.4, -0.2) is 42.1 Å². The van der Waals surface area contributed by atoms with E-state index in [0.29, 0.717) is 36.0 Å². The normalized spacial score (nSPS) is 13.5. The van der Waals surface area contributed by atoms with Crippen molar-refractivity contribution in [1.82, 2.24) is 29.6 Å². The van der Waals surface area contributed by atoms with Crippen molar-refractivity contribution in [3.05, 3.63) is 69.2 Å². The Kier molecular flexibility index (Phi) is 3.87. The maximum Gasteiger partial charge on any atom is 0.257 e. The van der Waals surface area contributed by atoms with Gasteiger partial charge in [0.25, 0.3) is 11.5 Å². The minimum Gasteiger partial charge on any atom is -0.332 e. The van der Waals surface area contributed by atoms with Gasteiger partial charge in [-0.2, -0.15) is 5.10 Å². The van der Waals surface area contributed by atoms with Crippen molar-refractivity contribution in [3.63, 3.8) is 0 Å². The van der Waals surface area contributed by atoms with Crippen LogP contribution < -0.4 is 5.56 Å². The third-order valence-electron chi connectivity index (χ3n) is 4.56. The molecule has 3 aromatic heterocycles. The zero-order valence-corrected chi connectivity index (χ0v) is 14.6. The van der Waals surface area contributed by atoms with Gasteiger partial charge in [-0.25, -0.2) is 9.67 Å². The highest BCUT2D eigenvalue weighted by Crippen LogP contribution is 2.20. The standard InChI is InChI=1S/C18H18N6O2/c1-11-8-16(25)22-18(21-11)24-12(2)14(9-20-24)17(26)23-7-5-13-4-3-6-19-15(13)10-23/h3-4,6,8-9H,5,7,10H2,1-2H3,(H,21,22,25). The molecule has 1 N–H and O–H groups in total. The molecule has 132 valence electrons. The van der Waals surface area contributed by atoms with E-state index in [9.17, 15) is 9.59 Å². The van der Waals surface area contributed by atoms with Gasteiger partial charge in [0.2, 0.25) is 5.95 Å². The van der Waals surface area contributed by atoms with Crippen molar-refractivity contribution in [2.75, 3.05) is 6.54 Å². The molecule has 0 saturated carbocycles. The van der Waals surface area contributed by atoms with E-state index in [1.165, 1.54) is 22.5 Å². The average Bonchev–Trinajstić information content (AvgIpc) is 3.01. The number of aryl methyl sites for hydroxylation is 1. The van der Waals surface area contributed by atoms with Gasteiger partial charge in [0.1, 0.15) is 0 Å². The van der Waals surface area contributed by atoms with Crippen molar-refractivity contribution in [3.8, 4) is 5.95 Å². The van der Waals surface area contributed by atoms with Gasteiger partial charge in [0.05, 0.1) is 29.7 Å². The van der Waals surface area contributed by atoms with Gasteiger partial charge in [-0.1, -0.05) is 6.07 Å². The van der Waals surface area contributed by atoms with E-state index in [2.05, 4.69) is 20.1 Å². The number of carbonyl (C=O) groups is 1. The summed E-state index contributed by atoms with van der Waals surface area (Å²) in [5.41, 5.74) is 3.58. The summed E-state index contributed by atoms with van der Waals surface area (Å²) >= 11 is 0. The van der Waals surface area contributed by atoms with Gasteiger partial charge in [-0.05, 0) is 31.9 Å². The smallest absolute Gasteiger partial charge is 0.257 e. The molecule has 8 heteroatoms. The van der Waals surface area contributed by atoms with Crippen LogP contribution in [0.15, 0.2) is 35.4 Å². The van der Waals surface area contributed by atoms with E-state index in [4.69, 9.17) is 0 Å². The van der Waals surface area contributed by atoms with E-state index in [1.807, 2.05) is 12.1 Å². The molecule has 1 aliphatic heterocycles. The molecular weight excluding hydrogens is 332 g/mol. The Morgan fingerprint density at radius 1 is 1.31 bits per heavy atom. The molecule has 0 bridgehead atoms. The summed E-state index contributed by atoms with van der Waals surface area (Å²) in [6, 6.07) is 5.37. The Labute approximate surface area is 149 Å². The summed E-state index contributed by atoms with van der Waals surface area (Å²) in [6.45, 7) is 4.65. The molecule has 4 heterocycles. The van der Waals surface area contributed by atoms with Crippen LogP contribution in [-0.2, 0) is 13.0 Å². The van der Waals surface area contributed by atoms with E-state index >= 15 is 0 Å². The first kappa shape index (κ1) is 16.2. The largest absolute Gasteiger partial charge is 0.332 e. The fourth-order valence-electron chi connectivity index (χ4n) is 3.20. The number of aromatic nitrogens is 5. The highest BCUT2D eigenvalue weighted by Gasteiger charge is 2.25. The lowest BCUT2D eigenvalue weighted by Crippen LogP contribution is -2.36. The first-order chi connectivity index (χ1) is 12.5. The number of pyridine rings is 1. The first-order valence-electron chi connectivity index (χ1n) is 8.38. The Balaban J connectivity index is 1.64. The van der Waals surface area contributed by atoms with Crippen LogP contribution in [0, 0.1) is 13.8 Å². The van der Waals surface area contributed by atoms with Crippen LogP contribution in [0.1, 0.15) is 33.0 Å². The molecule has 0 saturated heterocycles. The molecule has 0 unspecified atom stereocenters. The predicted octanol–water partition coefficient (Wildman–Crippen LogP) is 1.17. The Hall–Kier alpha value is -3.29. The number of aromatic amines is 1. The number of rotatable bonds is 2. The highest BCUT2D eigenvalue weighted by molar-refractivity contribution is 5.95. The second-order valence-electron chi connectivity index (χ2n) is 6.35. The van der Waals surface area contributed by atoms with Gasteiger partial charge >= 0.3 is 0 Å². The fraction of sp³-hybridized carbons (Fsp3) is 0.278. The molecule has 8 nitrogen and oxygen atoms in total. The number of nitrogens with zero attached hydrogens (tertiary/aromatic N) is 5. The van der Waals surface area contributed by atoms with Crippen molar-refractivity contribution in [2.45, 2.75) is 26.8 Å². The zero-order chi connectivity index (χ0) is 18.3. The second-order valence-corrected chi connectivity index (χ2v) is 6.35. The third-order valence-corrected chi connectivity index (χ3v) is 4.56. The SMILES string of the molecule is Cc1cc(=O)[nH]c(-n2ncc(C(=O)N3CCc4cccnc4C3)c2C)n1. The predicted molar refractivity (Wildman–Crippen MR) is 94.1 cm³/mol. The molecule has 0 spiro atoms. The first-order valence-corrected chi connectivity index (χ1v) is 8.38. The van der Waals surface area contributed by atoms with Gasteiger partial charge < -0.3 is 4.90 Å². The molecule has 3 aromatic rings. The number of hydrogen-bond donors (Lipinski definition) is 1. The maximum absolute atomic E-state index is 13.0.